The van der Waals surface area contributed by atoms with Gasteiger partial charge in [-0.25, -0.2) is 13.4 Å². The highest BCUT2D eigenvalue weighted by Crippen LogP contribution is 2.30. The Labute approximate surface area is 133 Å². The fraction of sp³-hybridized carbons (Fsp3) is 0.750. The summed E-state index contributed by atoms with van der Waals surface area (Å²) in [5, 5.41) is 0. The van der Waals surface area contributed by atoms with Crippen molar-refractivity contribution in [1.82, 2.24) is 4.90 Å². The van der Waals surface area contributed by atoms with Gasteiger partial charge in [0.2, 0.25) is 0 Å². The number of allylic oxidation sites excluding steroid dienone is 2. The summed E-state index contributed by atoms with van der Waals surface area (Å²) in [6.45, 7) is 0.951. The maximum Gasteiger partial charge on any atom is 0.673 e. The van der Waals surface area contributed by atoms with Crippen molar-refractivity contribution in [2.45, 2.75) is 31.9 Å². The van der Waals surface area contributed by atoms with Gasteiger partial charge in [-0.15, -0.1) is 0 Å². The lowest BCUT2D eigenvalue weighted by Crippen LogP contribution is -2.31. The molecule has 1 aliphatic heterocycles. The molecule has 1 aliphatic rings. The van der Waals surface area contributed by atoms with Gasteiger partial charge in [-0.3, -0.25) is 0 Å². The zero-order valence-electron chi connectivity index (χ0n) is 13.1. The first-order valence-corrected chi connectivity index (χ1v) is 6.96. The first-order valence-electron chi connectivity index (χ1n) is 6.96. The van der Waals surface area contributed by atoms with Crippen LogP contribution in [-0.2, 0) is 0 Å². The van der Waals surface area contributed by atoms with E-state index < -0.39 is 31.1 Å². The van der Waals surface area contributed by atoms with Gasteiger partial charge in [-0.05, 0) is 6.42 Å². The van der Waals surface area contributed by atoms with E-state index in [4.69, 9.17) is 0 Å². The molecule has 0 aliphatic carbocycles. The molecule has 142 valence electrons. The standard InChI is InChI=1S/C12H18F5N2.BF4/c1-18(2)10(11(13)14)9(12(15,16)17)8-19-6-4-3-5-7-19;2-1(3,4)5/h8,11H,3-7H2,1-2H3;/q+1;-1. The lowest BCUT2D eigenvalue weighted by molar-refractivity contribution is -0.533. The van der Waals surface area contributed by atoms with Gasteiger partial charge < -0.3 is 22.2 Å². The largest absolute Gasteiger partial charge is 0.673 e. The molecule has 2 nitrogen and oxygen atoms in total. The number of hydrogen-bond acceptors (Lipinski definition) is 1. The molecule has 0 aromatic heterocycles. The van der Waals surface area contributed by atoms with Gasteiger partial charge in [0.05, 0.1) is 5.70 Å². The number of piperidine rings is 1. The molecular weight excluding hydrogens is 354 g/mol. The predicted octanol–water partition coefficient (Wildman–Crippen LogP) is 4.20. The maximum absolute atomic E-state index is 13.0. The molecule has 1 saturated heterocycles. The second-order valence-electron chi connectivity index (χ2n) is 5.21. The van der Waals surface area contributed by atoms with Gasteiger partial charge in [0, 0.05) is 26.9 Å². The average molecular weight is 372 g/mol. The van der Waals surface area contributed by atoms with Crippen LogP contribution in [0.15, 0.2) is 11.3 Å². The van der Waals surface area contributed by atoms with Crippen molar-refractivity contribution in [3.05, 3.63) is 11.3 Å². The van der Waals surface area contributed by atoms with Gasteiger partial charge in [0.1, 0.15) is 18.7 Å². The Bertz CT molecular complexity index is 428. The minimum Gasteiger partial charge on any atom is -0.418 e. The Kier molecular flexibility index (Phi) is 8.69. The molecule has 24 heavy (non-hydrogen) atoms. The van der Waals surface area contributed by atoms with Crippen LogP contribution in [0, 0.1) is 0 Å². The second kappa shape index (κ2) is 9.21. The van der Waals surface area contributed by atoms with Crippen LogP contribution in [0.2, 0.25) is 0 Å². The molecule has 0 N–H and O–H groups in total. The average Bonchev–Trinajstić information content (AvgIpc) is 2.35. The van der Waals surface area contributed by atoms with Crippen LogP contribution >= 0.6 is 0 Å². The van der Waals surface area contributed by atoms with Crippen molar-refractivity contribution in [3.8, 4) is 0 Å². The maximum atomic E-state index is 13.0. The second-order valence-corrected chi connectivity index (χ2v) is 5.21. The van der Waals surface area contributed by atoms with Crippen LogP contribution in [0.3, 0.4) is 0 Å². The minimum absolute atomic E-state index is 0.476. The third-order valence-electron chi connectivity index (χ3n) is 2.97. The molecule has 1 rings (SSSR count). The molecule has 1 fully saturated rings. The van der Waals surface area contributed by atoms with Crippen molar-refractivity contribution in [1.29, 1.82) is 0 Å². The molecule has 0 spiro atoms. The van der Waals surface area contributed by atoms with Crippen LogP contribution in [0.4, 0.5) is 39.2 Å². The van der Waals surface area contributed by atoms with Gasteiger partial charge in [-0.1, -0.05) is 0 Å². The van der Waals surface area contributed by atoms with Crippen molar-refractivity contribution in [2.24, 2.45) is 0 Å². The number of hydrogen-bond donors (Lipinski definition) is 0. The highest BCUT2D eigenvalue weighted by Gasteiger charge is 2.41. The Morgan fingerprint density at radius 3 is 1.71 bits per heavy atom. The van der Waals surface area contributed by atoms with Gasteiger partial charge in [0.15, 0.2) is 6.21 Å². The molecule has 0 aromatic carbocycles. The molecule has 0 atom stereocenters. The third kappa shape index (κ3) is 9.71. The van der Waals surface area contributed by atoms with E-state index >= 15 is 0 Å². The van der Waals surface area contributed by atoms with Gasteiger partial charge >= 0.3 is 13.4 Å². The van der Waals surface area contributed by atoms with E-state index in [9.17, 15) is 39.2 Å². The Morgan fingerprint density at radius 2 is 1.42 bits per heavy atom. The summed E-state index contributed by atoms with van der Waals surface area (Å²) in [6, 6.07) is 0. The predicted molar refractivity (Wildman–Crippen MR) is 72.9 cm³/mol. The van der Waals surface area contributed by atoms with E-state index in [1.165, 1.54) is 18.7 Å². The van der Waals surface area contributed by atoms with Crippen molar-refractivity contribution in [3.63, 3.8) is 0 Å². The van der Waals surface area contributed by atoms with Crippen LogP contribution in [0.5, 0.6) is 0 Å². The van der Waals surface area contributed by atoms with E-state index in [0.717, 1.165) is 30.4 Å². The van der Waals surface area contributed by atoms with Crippen molar-refractivity contribution < 1.29 is 43.8 Å². The summed E-state index contributed by atoms with van der Waals surface area (Å²) in [4.78, 5) is 0.827. The van der Waals surface area contributed by atoms with Crippen LogP contribution < -0.4 is 0 Å². The zero-order chi connectivity index (χ0) is 19.1. The SMILES string of the molecule is CN(C)/C(=C(\C=[N+]1CCCCC1)C(F)(F)F)C(F)F.F[B-](F)(F)F. The molecule has 12 heteroatoms. The number of rotatable bonds is 3. The highest BCUT2D eigenvalue weighted by atomic mass is 19.5. The summed E-state index contributed by atoms with van der Waals surface area (Å²) in [7, 11) is -3.62. The molecule has 0 bridgehead atoms. The monoisotopic (exact) mass is 372 g/mol. The minimum atomic E-state index is -6.00. The number of nitrogens with zero attached hydrogens (tertiary/aromatic N) is 2. The van der Waals surface area contributed by atoms with Gasteiger partial charge in [-0.2, -0.15) is 13.2 Å². The normalized spacial score (nSPS) is 17.1. The Hall–Kier alpha value is -1.36. The fourth-order valence-corrected chi connectivity index (χ4v) is 2.07. The highest BCUT2D eigenvalue weighted by molar-refractivity contribution is 6.50. The third-order valence-corrected chi connectivity index (χ3v) is 2.97. The van der Waals surface area contributed by atoms with Crippen molar-refractivity contribution in [2.75, 3.05) is 27.2 Å². The van der Waals surface area contributed by atoms with E-state index in [-0.39, 0.29) is 0 Å². The van der Waals surface area contributed by atoms with E-state index in [2.05, 4.69) is 0 Å². The molecule has 1 heterocycles. The molecule has 0 unspecified atom stereocenters. The number of alkyl halides is 5. The molecule has 0 saturated carbocycles. The first kappa shape index (κ1) is 22.6. The quantitative estimate of drug-likeness (QED) is 0.409. The lowest BCUT2D eigenvalue weighted by atomic mass is 10.1. The molecular formula is C12H18BF9N2. The fourth-order valence-electron chi connectivity index (χ4n) is 2.07. The Balaban J connectivity index is 0.000000922. The molecule has 0 aromatic rings. The van der Waals surface area contributed by atoms with Crippen LogP contribution in [0.25, 0.3) is 0 Å². The topological polar surface area (TPSA) is 6.25 Å². The zero-order valence-corrected chi connectivity index (χ0v) is 13.1. The lowest BCUT2D eigenvalue weighted by Gasteiger charge is -2.21. The first-order chi connectivity index (χ1) is 10.7. The van der Waals surface area contributed by atoms with E-state index in [1.54, 1.807) is 0 Å². The summed E-state index contributed by atoms with van der Waals surface area (Å²) in [5.41, 5.74) is -2.24. The number of halogens is 9. The summed E-state index contributed by atoms with van der Waals surface area (Å²) >= 11 is 0. The van der Waals surface area contributed by atoms with Crippen LogP contribution in [0.1, 0.15) is 19.3 Å². The van der Waals surface area contributed by atoms with Crippen molar-refractivity contribution >= 4 is 13.5 Å². The molecule has 0 amide bonds. The Morgan fingerprint density at radius 1 is 1.00 bits per heavy atom. The summed E-state index contributed by atoms with van der Waals surface area (Å²) in [6.07, 6.45) is -4.58. The van der Waals surface area contributed by atoms with E-state index in [1.807, 2.05) is 0 Å². The molecule has 0 radical (unpaired) electrons. The van der Waals surface area contributed by atoms with Crippen LogP contribution in [-0.4, -0.2) is 62.7 Å². The summed E-state index contributed by atoms with van der Waals surface area (Å²) < 4.78 is 105. The van der Waals surface area contributed by atoms with E-state index in [0.29, 0.717) is 13.1 Å². The summed E-state index contributed by atoms with van der Waals surface area (Å²) in [5.74, 6) is 0. The van der Waals surface area contributed by atoms with Gasteiger partial charge in [0.25, 0.3) is 6.43 Å². The smallest absolute Gasteiger partial charge is 0.418 e.